The van der Waals surface area contributed by atoms with E-state index in [-0.39, 0.29) is 13.0 Å². The zero-order chi connectivity index (χ0) is 16.1. The van der Waals surface area contributed by atoms with Gasteiger partial charge in [0.25, 0.3) is 0 Å². The Morgan fingerprint density at radius 3 is 2.43 bits per heavy atom. The number of carboxylic acids is 1. The number of carboxylic acid groups (broad SMARTS) is 1. The molecule has 1 fully saturated rings. The summed E-state index contributed by atoms with van der Waals surface area (Å²) in [5, 5.41) is 59.4. The lowest BCUT2D eigenvalue weighted by Gasteiger charge is -2.47. The van der Waals surface area contributed by atoms with Crippen LogP contribution < -0.4 is 5.32 Å². The van der Waals surface area contributed by atoms with Gasteiger partial charge in [0.05, 0.1) is 13.2 Å². The Labute approximate surface area is 121 Å². The molecular formula is C12H23NO8. The predicted molar refractivity (Wildman–Crippen MR) is 69.1 cm³/mol. The zero-order valence-corrected chi connectivity index (χ0v) is 11.6. The zero-order valence-electron chi connectivity index (χ0n) is 11.6. The molecule has 0 radical (unpaired) electrons. The highest BCUT2D eigenvalue weighted by atomic mass is 16.7. The Kier molecular flexibility index (Phi) is 6.47. The summed E-state index contributed by atoms with van der Waals surface area (Å²) in [4.78, 5) is 10.3. The van der Waals surface area contributed by atoms with Crippen molar-refractivity contribution >= 4 is 5.97 Å². The molecule has 0 amide bonds. The highest BCUT2D eigenvalue weighted by molar-refractivity contribution is 5.66. The third-order valence-electron chi connectivity index (χ3n) is 3.52. The molecule has 1 saturated heterocycles. The first-order valence-corrected chi connectivity index (χ1v) is 6.78. The summed E-state index contributed by atoms with van der Waals surface area (Å²) in [6, 6.07) is 0. The van der Waals surface area contributed by atoms with E-state index >= 15 is 0 Å². The molecule has 1 aliphatic heterocycles. The number of ether oxygens (including phenoxy) is 1. The summed E-state index contributed by atoms with van der Waals surface area (Å²) >= 11 is 0. The normalized spacial score (nSPS) is 36.6. The minimum Gasteiger partial charge on any atom is -0.481 e. The number of aliphatic carboxylic acids is 1. The number of carbonyl (C=O) groups is 1. The van der Waals surface area contributed by atoms with Crippen molar-refractivity contribution in [1.82, 2.24) is 5.32 Å². The predicted octanol–water partition coefficient (Wildman–Crippen LogP) is -2.66. The van der Waals surface area contributed by atoms with Gasteiger partial charge in [0.1, 0.15) is 12.2 Å². The quantitative estimate of drug-likeness (QED) is 0.187. The first kappa shape index (κ1) is 18.2. The smallest absolute Gasteiger partial charge is 0.303 e. The number of nitrogens with one attached hydrogen (secondary N) is 1. The molecular weight excluding hydrogens is 286 g/mol. The number of hydrogen-bond acceptors (Lipinski definition) is 8. The van der Waals surface area contributed by atoms with E-state index in [1.54, 1.807) is 0 Å². The molecule has 0 bridgehead atoms. The third-order valence-corrected chi connectivity index (χ3v) is 3.52. The molecule has 0 spiro atoms. The fraction of sp³-hybridized carbons (Fsp3) is 0.917. The van der Waals surface area contributed by atoms with Crippen LogP contribution in [0.4, 0.5) is 0 Å². The van der Waals surface area contributed by atoms with E-state index in [0.717, 1.165) is 0 Å². The molecule has 0 aliphatic carbocycles. The van der Waals surface area contributed by atoms with Crippen LogP contribution in [-0.4, -0.2) is 80.1 Å². The number of aliphatic hydroxyl groups is 5. The van der Waals surface area contributed by atoms with Gasteiger partial charge in [-0.1, -0.05) is 6.42 Å². The van der Waals surface area contributed by atoms with E-state index in [2.05, 4.69) is 5.32 Å². The number of aliphatic hydroxyl groups excluding tert-OH is 3. The Bertz CT molecular complexity index is 354. The van der Waals surface area contributed by atoms with Crippen LogP contribution in [0.5, 0.6) is 0 Å². The van der Waals surface area contributed by atoms with Gasteiger partial charge in [-0.25, -0.2) is 0 Å². The molecule has 0 aromatic heterocycles. The maximum atomic E-state index is 10.3. The molecule has 124 valence electrons. The second-order valence-electron chi connectivity index (χ2n) is 5.24. The molecule has 0 unspecified atom stereocenters. The van der Waals surface area contributed by atoms with Gasteiger partial charge in [-0.2, -0.15) is 0 Å². The molecule has 9 heteroatoms. The Hall–Kier alpha value is -0.810. The second kappa shape index (κ2) is 7.45. The third kappa shape index (κ3) is 4.58. The minimum atomic E-state index is -2.31. The highest BCUT2D eigenvalue weighted by Gasteiger charge is 2.55. The summed E-state index contributed by atoms with van der Waals surface area (Å²) < 4.78 is 4.83. The summed E-state index contributed by atoms with van der Waals surface area (Å²) in [6.45, 7) is -1.17. The van der Waals surface area contributed by atoms with Crippen LogP contribution in [0.1, 0.15) is 25.7 Å². The van der Waals surface area contributed by atoms with E-state index in [1.165, 1.54) is 0 Å². The van der Waals surface area contributed by atoms with Crippen molar-refractivity contribution in [2.45, 2.75) is 49.4 Å². The summed E-state index contributed by atoms with van der Waals surface area (Å²) in [5.41, 5.74) is -1.95. The van der Waals surface area contributed by atoms with E-state index in [4.69, 9.17) is 14.9 Å². The van der Waals surface area contributed by atoms with Gasteiger partial charge in [-0.3, -0.25) is 10.1 Å². The van der Waals surface area contributed by atoms with E-state index in [0.29, 0.717) is 19.3 Å². The van der Waals surface area contributed by atoms with Gasteiger partial charge >= 0.3 is 5.97 Å². The lowest BCUT2D eigenvalue weighted by atomic mass is 9.92. The van der Waals surface area contributed by atoms with E-state index < -0.39 is 42.9 Å². The van der Waals surface area contributed by atoms with Crippen LogP contribution in [0.25, 0.3) is 0 Å². The van der Waals surface area contributed by atoms with Crippen molar-refractivity contribution in [2.75, 3.05) is 19.8 Å². The SMILES string of the molecule is O=C(O)CCCCCN[C@@]1(O)CO[C@@](O)(CO)[C@@H](O)[C@@H]1O. The van der Waals surface area contributed by atoms with Gasteiger partial charge < -0.3 is 35.4 Å². The summed E-state index contributed by atoms with van der Waals surface area (Å²) in [6.07, 6.45) is -1.87. The van der Waals surface area contributed by atoms with Gasteiger partial charge in [-0.05, 0) is 19.4 Å². The summed E-state index contributed by atoms with van der Waals surface area (Å²) in [5.74, 6) is -3.18. The van der Waals surface area contributed by atoms with Crippen LogP contribution >= 0.6 is 0 Å². The summed E-state index contributed by atoms with van der Waals surface area (Å²) in [7, 11) is 0. The lowest BCUT2D eigenvalue weighted by molar-refractivity contribution is -0.357. The lowest BCUT2D eigenvalue weighted by Crippen LogP contribution is -2.72. The van der Waals surface area contributed by atoms with Crippen molar-refractivity contribution in [3.05, 3.63) is 0 Å². The average molecular weight is 309 g/mol. The van der Waals surface area contributed by atoms with Crippen molar-refractivity contribution in [2.24, 2.45) is 0 Å². The van der Waals surface area contributed by atoms with E-state index in [1.807, 2.05) is 0 Å². The number of unbranched alkanes of at least 4 members (excludes halogenated alkanes) is 2. The maximum Gasteiger partial charge on any atom is 0.303 e. The maximum absolute atomic E-state index is 10.3. The Morgan fingerprint density at radius 2 is 1.86 bits per heavy atom. The van der Waals surface area contributed by atoms with Gasteiger partial charge in [0.2, 0.25) is 5.79 Å². The second-order valence-corrected chi connectivity index (χ2v) is 5.24. The molecule has 9 nitrogen and oxygen atoms in total. The molecule has 1 heterocycles. The van der Waals surface area contributed by atoms with E-state index in [9.17, 15) is 25.2 Å². The number of rotatable bonds is 8. The van der Waals surface area contributed by atoms with Gasteiger partial charge in [-0.15, -0.1) is 0 Å². The highest BCUT2D eigenvalue weighted by Crippen LogP contribution is 2.28. The Balaban J connectivity index is 2.39. The standard InChI is InChI=1S/C12H23NO8/c14-6-12(20)10(18)9(17)11(19,7-21-12)13-5-3-1-2-4-8(15)16/h9-10,13-14,17-20H,1-7H2,(H,15,16)/t9-,10-,11+,12-/m0/s1. The molecule has 21 heavy (non-hydrogen) atoms. The monoisotopic (exact) mass is 309 g/mol. The molecule has 1 aliphatic rings. The largest absolute Gasteiger partial charge is 0.481 e. The Morgan fingerprint density at radius 1 is 1.19 bits per heavy atom. The van der Waals surface area contributed by atoms with Crippen LogP contribution in [0, 0.1) is 0 Å². The molecule has 1 rings (SSSR count). The minimum absolute atomic E-state index is 0.0677. The van der Waals surface area contributed by atoms with Crippen LogP contribution in [0.15, 0.2) is 0 Å². The van der Waals surface area contributed by atoms with Crippen LogP contribution in [0.3, 0.4) is 0 Å². The molecule has 7 N–H and O–H groups in total. The van der Waals surface area contributed by atoms with Crippen molar-refractivity contribution in [1.29, 1.82) is 0 Å². The van der Waals surface area contributed by atoms with Crippen molar-refractivity contribution in [3.63, 3.8) is 0 Å². The fourth-order valence-electron chi connectivity index (χ4n) is 2.09. The first-order chi connectivity index (χ1) is 9.75. The molecule has 0 aromatic rings. The molecule has 0 aromatic carbocycles. The van der Waals surface area contributed by atoms with Crippen molar-refractivity contribution in [3.8, 4) is 0 Å². The molecule has 0 saturated carbocycles. The first-order valence-electron chi connectivity index (χ1n) is 6.78. The van der Waals surface area contributed by atoms with Crippen LogP contribution in [0.2, 0.25) is 0 Å². The van der Waals surface area contributed by atoms with Gasteiger partial charge in [0.15, 0.2) is 5.72 Å². The average Bonchev–Trinajstić information content (AvgIpc) is 2.45. The molecule has 4 atom stereocenters. The van der Waals surface area contributed by atoms with Crippen molar-refractivity contribution < 1.29 is 40.2 Å². The van der Waals surface area contributed by atoms with Gasteiger partial charge in [0, 0.05) is 6.42 Å². The van der Waals surface area contributed by atoms with Crippen LogP contribution in [-0.2, 0) is 9.53 Å². The fourth-order valence-corrected chi connectivity index (χ4v) is 2.09. The topological polar surface area (TPSA) is 160 Å². The number of hydrogen-bond donors (Lipinski definition) is 7.